The summed E-state index contributed by atoms with van der Waals surface area (Å²) in [7, 11) is 0. The highest BCUT2D eigenvalue weighted by Crippen LogP contribution is 2.32. The summed E-state index contributed by atoms with van der Waals surface area (Å²) in [4.78, 5) is 2.39. The number of ether oxygens (including phenoxy) is 1. The number of rotatable bonds is 3. The van der Waals surface area contributed by atoms with E-state index >= 15 is 0 Å². The third-order valence-corrected chi connectivity index (χ3v) is 5.14. The van der Waals surface area contributed by atoms with E-state index in [1.54, 1.807) is 0 Å². The van der Waals surface area contributed by atoms with Gasteiger partial charge < -0.3 is 15.0 Å². The van der Waals surface area contributed by atoms with Gasteiger partial charge >= 0.3 is 0 Å². The van der Waals surface area contributed by atoms with Crippen LogP contribution < -0.4 is 15.0 Å². The molecule has 1 fully saturated rings. The molecule has 0 amide bonds. The van der Waals surface area contributed by atoms with E-state index in [-0.39, 0.29) is 24.8 Å². The number of nitrogens with one attached hydrogen (secondary N) is 1. The molecule has 116 valence electrons. The summed E-state index contributed by atoms with van der Waals surface area (Å²) < 4.78 is 5.99. The first-order valence-electron chi connectivity index (χ1n) is 6.20. The number of benzene rings is 1. The maximum Gasteiger partial charge on any atom is 0.139 e. The van der Waals surface area contributed by atoms with Crippen molar-refractivity contribution in [2.24, 2.45) is 0 Å². The molecule has 2 atom stereocenters. The number of piperazine rings is 1. The molecule has 2 unspecified atom stereocenters. The lowest BCUT2D eigenvalue weighted by Gasteiger charge is -2.39. The molecule has 3 nitrogen and oxygen atoms in total. The van der Waals surface area contributed by atoms with Crippen molar-refractivity contribution in [1.29, 1.82) is 0 Å². The Hall–Kier alpha value is 0.380. The van der Waals surface area contributed by atoms with E-state index in [1.165, 1.54) is 5.69 Å². The lowest BCUT2D eigenvalue weighted by Crippen LogP contribution is -2.54. The van der Waals surface area contributed by atoms with Crippen LogP contribution in [0, 0.1) is 0 Å². The van der Waals surface area contributed by atoms with Gasteiger partial charge in [-0.3, -0.25) is 0 Å². The molecule has 1 aromatic rings. The molecule has 0 aliphatic carbocycles. The monoisotopic (exact) mass is 452 g/mol. The molecule has 1 saturated heterocycles. The fraction of sp³-hybridized carbons (Fsp3) is 0.538. The molecule has 1 heterocycles. The molecule has 7 heteroatoms. The molecule has 0 saturated carbocycles. The van der Waals surface area contributed by atoms with Crippen molar-refractivity contribution in [3.05, 3.63) is 23.2 Å². The maximum atomic E-state index is 6.12. The Balaban J connectivity index is 0.00000180. The zero-order valence-corrected chi connectivity index (χ0v) is 16.0. The van der Waals surface area contributed by atoms with Crippen LogP contribution >= 0.6 is 59.0 Å². The third kappa shape index (κ3) is 4.70. The molecule has 20 heavy (non-hydrogen) atoms. The van der Waals surface area contributed by atoms with Crippen LogP contribution in [0.15, 0.2) is 18.2 Å². The van der Waals surface area contributed by atoms with E-state index in [0.29, 0.717) is 21.7 Å². The number of alkyl halides is 1. The van der Waals surface area contributed by atoms with Crippen LogP contribution in [0.2, 0.25) is 5.02 Å². The fourth-order valence-corrected chi connectivity index (χ4v) is 3.14. The minimum atomic E-state index is 0. The van der Waals surface area contributed by atoms with Gasteiger partial charge in [0.2, 0.25) is 0 Å². The van der Waals surface area contributed by atoms with Crippen LogP contribution in [0.25, 0.3) is 0 Å². The number of hydrogen-bond acceptors (Lipinski definition) is 3. The maximum absolute atomic E-state index is 6.12. The largest absolute Gasteiger partial charge is 0.492 e. The smallest absolute Gasteiger partial charge is 0.139 e. The predicted molar refractivity (Wildman–Crippen MR) is 99.7 cm³/mol. The van der Waals surface area contributed by atoms with Gasteiger partial charge in [-0.1, -0.05) is 34.2 Å². The average Bonchev–Trinajstić information content (AvgIpc) is 2.36. The first kappa shape index (κ1) is 20.4. The molecule has 0 spiro atoms. The first-order chi connectivity index (χ1) is 8.63. The Morgan fingerprint density at radius 2 is 2.15 bits per heavy atom. The molecule has 1 aliphatic heterocycles. The van der Waals surface area contributed by atoms with Crippen molar-refractivity contribution in [2.45, 2.75) is 23.9 Å². The van der Waals surface area contributed by atoms with Gasteiger partial charge in [0.15, 0.2) is 0 Å². The Bertz CT molecular complexity index is 423. The zero-order valence-electron chi connectivity index (χ0n) is 11.4. The van der Waals surface area contributed by atoms with Crippen LogP contribution in [0.1, 0.15) is 13.8 Å². The Kier molecular flexibility index (Phi) is 9.59. The summed E-state index contributed by atoms with van der Waals surface area (Å²) in [5.41, 5.74) is 1.18. The molecular formula is C13H20Cl3IN2O. The van der Waals surface area contributed by atoms with E-state index in [9.17, 15) is 0 Å². The van der Waals surface area contributed by atoms with Gasteiger partial charge in [-0.25, -0.2) is 0 Å². The van der Waals surface area contributed by atoms with Crippen molar-refractivity contribution in [3.8, 4) is 5.75 Å². The van der Waals surface area contributed by atoms with Crippen molar-refractivity contribution >= 4 is 64.7 Å². The van der Waals surface area contributed by atoms with E-state index in [0.717, 1.165) is 18.8 Å². The quantitative estimate of drug-likeness (QED) is 0.423. The second-order valence-electron chi connectivity index (χ2n) is 4.36. The van der Waals surface area contributed by atoms with Crippen LogP contribution in [-0.4, -0.2) is 29.8 Å². The minimum Gasteiger partial charge on any atom is -0.492 e. The number of hydrogen-bond donors (Lipinski definition) is 1. The molecule has 0 bridgehead atoms. The standard InChI is InChI=1S/C13H18ClIN2O.2ClH/c1-3-18-12-8-10(4-5-11(12)14)17-7-6-16-9(2)13(17)15;;/h4-5,8-9,13,16H,3,6-7H2,1-2H3;2*1H. The highest BCUT2D eigenvalue weighted by molar-refractivity contribution is 14.1. The summed E-state index contributed by atoms with van der Waals surface area (Å²) >= 11 is 8.60. The van der Waals surface area contributed by atoms with Crippen molar-refractivity contribution in [3.63, 3.8) is 0 Å². The predicted octanol–water partition coefficient (Wildman–Crippen LogP) is 4.14. The first-order valence-corrected chi connectivity index (χ1v) is 7.82. The summed E-state index contributed by atoms with van der Waals surface area (Å²) in [5.74, 6) is 0.770. The van der Waals surface area contributed by atoms with E-state index in [4.69, 9.17) is 16.3 Å². The van der Waals surface area contributed by atoms with Gasteiger partial charge in [0.1, 0.15) is 5.75 Å². The van der Waals surface area contributed by atoms with Gasteiger partial charge in [-0.15, -0.1) is 24.8 Å². The summed E-state index contributed by atoms with van der Waals surface area (Å²) in [5, 5.41) is 4.15. The average molecular weight is 454 g/mol. The molecular weight excluding hydrogens is 433 g/mol. The summed E-state index contributed by atoms with van der Waals surface area (Å²) in [6.07, 6.45) is 0. The second kappa shape index (κ2) is 9.41. The van der Waals surface area contributed by atoms with Crippen molar-refractivity contribution < 1.29 is 4.74 Å². The van der Waals surface area contributed by atoms with Crippen LogP contribution in [-0.2, 0) is 0 Å². The van der Waals surface area contributed by atoms with Gasteiger partial charge in [0.05, 0.1) is 15.7 Å². The highest BCUT2D eigenvalue weighted by atomic mass is 127. The molecule has 1 aromatic carbocycles. The van der Waals surface area contributed by atoms with Gasteiger partial charge in [-0.2, -0.15) is 0 Å². The molecule has 2 rings (SSSR count). The second-order valence-corrected chi connectivity index (χ2v) is 6.04. The van der Waals surface area contributed by atoms with Crippen LogP contribution in [0.5, 0.6) is 5.75 Å². The number of nitrogens with zero attached hydrogens (tertiary/aromatic N) is 1. The van der Waals surface area contributed by atoms with Crippen molar-refractivity contribution in [2.75, 3.05) is 24.6 Å². The summed E-state index contributed by atoms with van der Waals surface area (Å²) in [6.45, 7) is 6.83. The van der Waals surface area contributed by atoms with Crippen molar-refractivity contribution in [1.82, 2.24) is 5.32 Å². The van der Waals surface area contributed by atoms with Gasteiger partial charge in [0, 0.05) is 30.9 Å². The van der Waals surface area contributed by atoms with E-state index in [2.05, 4.69) is 45.8 Å². The SMILES string of the molecule is CCOc1cc(N2CCNC(C)C2I)ccc1Cl.Cl.Cl. The Morgan fingerprint density at radius 1 is 1.45 bits per heavy atom. The Morgan fingerprint density at radius 3 is 2.80 bits per heavy atom. The normalized spacial score (nSPS) is 21.7. The van der Waals surface area contributed by atoms with Crippen LogP contribution in [0.4, 0.5) is 5.69 Å². The van der Waals surface area contributed by atoms with Gasteiger partial charge in [0.25, 0.3) is 0 Å². The molecule has 0 radical (unpaired) electrons. The molecule has 0 aromatic heterocycles. The highest BCUT2D eigenvalue weighted by Gasteiger charge is 2.26. The summed E-state index contributed by atoms with van der Waals surface area (Å²) in [6, 6.07) is 6.49. The van der Waals surface area contributed by atoms with E-state index < -0.39 is 0 Å². The minimum absolute atomic E-state index is 0. The lowest BCUT2D eigenvalue weighted by molar-refractivity contribution is 0.340. The molecule has 1 N–H and O–H groups in total. The fourth-order valence-electron chi connectivity index (χ4n) is 2.11. The number of halogens is 4. The number of anilines is 1. The topological polar surface area (TPSA) is 24.5 Å². The van der Waals surface area contributed by atoms with E-state index in [1.807, 2.05) is 19.1 Å². The zero-order chi connectivity index (χ0) is 13.1. The molecule has 1 aliphatic rings. The van der Waals surface area contributed by atoms with Crippen LogP contribution in [0.3, 0.4) is 0 Å². The third-order valence-electron chi connectivity index (χ3n) is 3.08. The van der Waals surface area contributed by atoms with Gasteiger partial charge in [-0.05, 0) is 26.0 Å². The lowest BCUT2D eigenvalue weighted by atomic mass is 10.2. The Labute approximate surface area is 151 Å².